The number of nitrogens with one attached hydrogen (secondary N) is 1. The molecule has 4 rings (SSSR count). The fourth-order valence-corrected chi connectivity index (χ4v) is 3.85. The Hall–Kier alpha value is -3.92. The number of para-hydroxylation sites is 2. The van der Waals surface area contributed by atoms with Crippen LogP contribution in [-0.2, 0) is 18.4 Å². The van der Waals surface area contributed by atoms with Crippen molar-refractivity contribution in [3.63, 3.8) is 0 Å². The third-order valence-electron chi connectivity index (χ3n) is 4.67. The molecule has 0 spiro atoms. The number of aryl methyl sites for hydroxylation is 1. The van der Waals surface area contributed by atoms with Crippen molar-refractivity contribution in [1.29, 1.82) is 0 Å². The van der Waals surface area contributed by atoms with E-state index in [1.807, 2.05) is 30.3 Å². The maximum atomic E-state index is 13.9. The number of halogens is 1. The first-order chi connectivity index (χ1) is 16.0. The number of rotatable bonds is 8. The Morgan fingerprint density at radius 1 is 1.03 bits per heavy atom. The Labute approximate surface area is 193 Å². The molecule has 2 aromatic heterocycles. The van der Waals surface area contributed by atoms with Gasteiger partial charge in [0.1, 0.15) is 12.3 Å². The third kappa shape index (κ3) is 5.29. The zero-order valence-corrected chi connectivity index (χ0v) is 18.5. The molecule has 168 valence electrons. The fourth-order valence-electron chi connectivity index (χ4n) is 3.08. The minimum absolute atomic E-state index is 0.0262. The zero-order valence-electron chi connectivity index (χ0n) is 17.6. The maximum Gasteiger partial charge on any atom is 0.274 e. The Bertz CT molecular complexity index is 1270. The second-order valence-corrected chi connectivity index (χ2v) is 7.90. The van der Waals surface area contributed by atoms with E-state index in [-0.39, 0.29) is 18.1 Å². The van der Waals surface area contributed by atoms with Crippen LogP contribution in [0.2, 0.25) is 0 Å². The van der Waals surface area contributed by atoms with Crippen LogP contribution in [0.1, 0.15) is 16.3 Å². The zero-order chi connectivity index (χ0) is 23.2. The second-order valence-electron chi connectivity index (χ2n) is 6.96. The lowest BCUT2D eigenvalue weighted by molar-refractivity contribution is -0.117. The molecule has 0 saturated carbocycles. The van der Waals surface area contributed by atoms with E-state index in [1.165, 1.54) is 12.1 Å². The molecule has 0 aliphatic rings. The molecule has 33 heavy (non-hydrogen) atoms. The monoisotopic (exact) mass is 465 g/mol. The van der Waals surface area contributed by atoms with Crippen molar-refractivity contribution in [3.05, 3.63) is 90.3 Å². The summed E-state index contributed by atoms with van der Waals surface area (Å²) in [5.41, 5.74) is 1.14. The second kappa shape index (κ2) is 10.1. The molecule has 1 N–H and O–H groups in total. The topological polar surface area (TPSA) is 91.0 Å². The molecule has 0 aliphatic carbocycles. The molecule has 2 amide bonds. The van der Waals surface area contributed by atoms with Crippen molar-refractivity contribution in [2.45, 2.75) is 11.8 Å². The summed E-state index contributed by atoms with van der Waals surface area (Å²) in [4.78, 5) is 24.6. The number of aromatic nitrogens is 4. The van der Waals surface area contributed by atoms with Crippen LogP contribution in [0, 0.1) is 5.82 Å². The number of carbonyl (C=O) groups is 2. The van der Waals surface area contributed by atoms with Crippen LogP contribution in [-0.4, -0.2) is 36.9 Å². The number of carbonyl (C=O) groups excluding carboxylic acids is 2. The largest absolute Gasteiger partial charge is 0.483 e. The fraction of sp³-hybridized carbons (Fsp3) is 0.130. The van der Waals surface area contributed by atoms with Gasteiger partial charge in [0.25, 0.3) is 5.91 Å². The van der Waals surface area contributed by atoms with Crippen LogP contribution in [0.5, 0.6) is 5.75 Å². The van der Waals surface area contributed by atoms with Crippen LogP contribution in [0.3, 0.4) is 0 Å². The molecule has 2 heterocycles. The van der Waals surface area contributed by atoms with Gasteiger partial charge >= 0.3 is 0 Å². The summed E-state index contributed by atoms with van der Waals surface area (Å²) in [6.07, 6.45) is 1.72. The number of nitrogens with zero attached hydrogens (tertiary/aromatic N) is 4. The van der Waals surface area contributed by atoms with E-state index in [0.29, 0.717) is 16.7 Å². The van der Waals surface area contributed by atoms with E-state index in [2.05, 4.69) is 15.5 Å². The lowest BCUT2D eigenvalue weighted by Gasteiger charge is -2.11. The molecule has 2 aromatic carbocycles. The summed E-state index contributed by atoms with van der Waals surface area (Å²) in [5, 5.41) is 11.2. The minimum atomic E-state index is -0.475. The Morgan fingerprint density at radius 2 is 1.79 bits per heavy atom. The van der Waals surface area contributed by atoms with E-state index in [9.17, 15) is 14.0 Å². The molecule has 0 fully saturated rings. The molecule has 4 aromatic rings. The average Bonchev–Trinajstić information content (AvgIpc) is 3.43. The van der Waals surface area contributed by atoms with Gasteiger partial charge in [-0.1, -0.05) is 42.1 Å². The van der Waals surface area contributed by atoms with Crippen LogP contribution in [0.15, 0.2) is 78.1 Å². The normalized spacial score (nSPS) is 10.7. The summed E-state index contributed by atoms with van der Waals surface area (Å²) in [6.45, 7) is -0.0262. The summed E-state index contributed by atoms with van der Waals surface area (Å²) < 4.78 is 22.9. The van der Waals surface area contributed by atoms with Crippen LogP contribution < -0.4 is 10.1 Å². The first-order valence-corrected chi connectivity index (χ1v) is 11.0. The highest BCUT2D eigenvalue weighted by Gasteiger charge is 2.18. The predicted molar refractivity (Wildman–Crippen MR) is 121 cm³/mol. The number of ether oxygens (including phenoxy) is 1. The minimum Gasteiger partial charge on any atom is -0.483 e. The Morgan fingerprint density at radius 3 is 2.52 bits per heavy atom. The summed E-state index contributed by atoms with van der Waals surface area (Å²) in [5.74, 6) is -0.915. The van der Waals surface area contributed by atoms with Crippen molar-refractivity contribution < 1.29 is 18.7 Å². The predicted octanol–water partition coefficient (Wildman–Crippen LogP) is 3.37. The first kappa shape index (κ1) is 22.3. The highest BCUT2D eigenvalue weighted by atomic mass is 32.2. The number of benzene rings is 2. The van der Waals surface area contributed by atoms with Crippen molar-refractivity contribution in [2.75, 3.05) is 5.75 Å². The van der Waals surface area contributed by atoms with Gasteiger partial charge in [-0.2, -0.15) is 0 Å². The van der Waals surface area contributed by atoms with Crippen molar-refractivity contribution in [1.82, 2.24) is 24.6 Å². The lowest BCUT2D eigenvalue weighted by Crippen LogP contribution is -2.33. The van der Waals surface area contributed by atoms with Crippen LogP contribution >= 0.6 is 11.8 Å². The molecule has 0 saturated heterocycles. The molecule has 0 unspecified atom stereocenters. The van der Waals surface area contributed by atoms with Crippen molar-refractivity contribution in [3.8, 4) is 11.4 Å². The Kier molecular flexibility index (Phi) is 6.84. The Balaban J connectivity index is 1.48. The van der Waals surface area contributed by atoms with E-state index < -0.39 is 17.6 Å². The van der Waals surface area contributed by atoms with Gasteiger partial charge < -0.3 is 9.30 Å². The molecule has 10 heteroatoms. The average molecular weight is 466 g/mol. The molecule has 8 nitrogen and oxygen atoms in total. The van der Waals surface area contributed by atoms with Gasteiger partial charge in [0.2, 0.25) is 5.91 Å². The number of imide groups is 1. The summed E-state index contributed by atoms with van der Waals surface area (Å²) in [6, 6.07) is 18.8. The first-order valence-electron chi connectivity index (χ1n) is 9.98. The van der Waals surface area contributed by atoms with E-state index >= 15 is 0 Å². The van der Waals surface area contributed by atoms with Crippen molar-refractivity contribution >= 4 is 23.6 Å². The number of hydrogen-bond acceptors (Lipinski definition) is 6. The number of thioether (sulfide) groups is 1. The van der Waals surface area contributed by atoms with Gasteiger partial charge in [0.05, 0.1) is 5.75 Å². The lowest BCUT2D eigenvalue weighted by atomic mass is 10.3. The number of hydrogen-bond donors (Lipinski definition) is 1. The maximum absolute atomic E-state index is 13.9. The smallest absolute Gasteiger partial charge is 0.274 e. The molecule has 0 bridgehead atoms. The third-order valence-corrected chi connectivity index (χ3v) is 5.60. The molecular weight excluding hydrogens is 445 g/mol. The van der Waals surface area contributed by atoms with E-state index in [0.717, 1.165) is 17.4 Å². The molecule has 0 aliphatic heterocycles. The highest BCUT2D eigenvalue weighted by molar-refractivity contribution is 7.99. The molecular formula is C23H20FN5O3S. The SMILES string of the molecule is Cn1cccc1C(=O)NC(=O)CSc1nnc(COc2ccccc2F)n1-c1ccccc1. The van der Waals surface area contributed by atoms with Gasteiger partial charge in [-0.3, -0.25) is 19.5 Å². The van der Waals surface area contributed by atoms with Gasteiger partial charge in [-0.25, -0.2) is 4.39 Å². The van der Waals surface area contributed by atoms with Crippen LogP contribution in [0.4, 0.5) is 4.39 Å². The van der Waals surface area contributed by atoms with Gasteiger partial charge in [-0.15, -0.1) is 10.2 Å². The summed E-state index contributed by atoms with van der Waals surface area (Å²) >= 11 is 1.13. The molecule has 0 atom stereocenters. The van der Waals surface area contributed by atoms with E-state index in [4.69, 9.17) is 4.74 Å². The number of amides is 2. The van der Waals surface area contributed by atoms with E-state index in [1.54, 1.807) is 46.6 Å². The van der Waals surface area contributed by atoms with Crippen molar-refractivity contribution in [2.24, 2.45) is 7.05 Å². The van der Waals surface area contributed by atoms with Gasteiger partial charge in [0, 0.05) is 18.9 Å². The summed E-state index contributed by atoms with van der Waals surface area (Å²) in [7, 11) is 1.72. The van der Waals surface area contributed by atoms with Gasteiger partial charge in [-0.05, 0) is 36.4 Å². The van der Waals surface area contributed by atoms with Gasteiger partial charge in [0.15, 0.2) is 22.5 Å². The highest BCUT2D eigenvalue weighted by Crippen LogP contribution is 2.23. The molecule has 0 radical (unpaired) electrons. The van der Waals surface area contributed by atoms with Crippen LogP contribution in [0.25, 0.3) is 5.69 Å². The standard InChI is InChI=1S/C23H20FN5O3S/c1-28-13-7-11-18(28)22(31)25-21(30)15-33-23-27-26-20(29(23)16-8-3-2-4-9-16)14-32-19-12-6-5-10-17(19)24/h2-13H,14-15H2,1H3,(H,25,30,31). The quantitative estimate of drug-likeness (QED) is 0.401.